The Labute approximate surface area is 118 Å². The van der Waals surface area contributed by atoms with Crippen molar-refractivity contribution >= 4 is 23.3 Å². The van der Waals surface area contributed by atoms with Crippen LogP contribution in [0.5, 0.6) is 0 Å². The molecule has 0 saturated heterocycles. The maximum absolute atomic E-state index is 11.9. The quantitative estimate of drug-likeness (QED) is 0.547. The molecule has 0 bridgehead atoms. The molecule has 5 nitrogen and oxygen atoms in total. The van der Waals surface area contributed by atoms with Crippen LogP contribution in [-0.4, -0.2) is 35.9 Å². The van der Waals surface area contributed by atoms with Gasteiger partial charge in [-0.15, -0.1) is 0 Å². The number of nitrogens with one attached hydrogen (secondary N) is 2. The van der Waals surface area contributed by atoms with E-state index in [4.69, 9.17) is 17.0 Å². The smallest absolute Gasteiger partial charge is 0.331 e. The van der Waals surface area contributed by atoms with Crippen molar-refractivity contribution in [1.29, 1.82) is 0 Å². The predicted molar refractivity (Wildman–Crippen MR) is 76.6 cm³/mol. The highest BCUT2D eigenvalue weighted by Gasteiger charge is 2.29. The topological polar surface area (TPSA) is 70.6 Å². The summed E-state index contributed by atoms with van der Waals surface area (Å²) in [6.07, 6.45) is -1.04. The number of carbonyl (C=O) groups is 1. The van der Waals surface area contributed by atoms with E-state index in [1.807, 2.05) is 6.07 Å². The number of carbonyl (C=O) groups excluding carboxylic acids is 1. The average molecular weight is 282 g/mol. The molecule has 2 unspecified atom stereocenters. The molecule has 0 aliphatic rings. The molecule has 0 spiro atoms. The second-order valence-electron chi connectivity index (χ2n) is 3.81. The Morgan fingerprint density at radius 3 is 2.58 bits per heavy atom. The Morgan fingerprint density at radius 2 is 2.05 bits per heavy atom. The molecular weight excluding hydrogens is 264 g/mol. The first kappa shape index (κ1) is 15.4. The summed E-state index contributed by atoms with van der Waals surface area (Å²) in [5.74, 6) is -0.545. The van der Waals surface area contributed by atoms with E-state index in [0.29, 0.717) is 5.56 Å². The molecule has 1 aromatic rings. The Balaban J connectivity index is 2.89. The molecule has 0 aromatic heterocycles. The maximum atomic E-state index is 11.9. The minimum atomic E-state index is -1.04. The summed E-state index contributed by atoms with van der Waals surface area (Å²) in [7, 11) is 1.63. The lowest BCUT2D eigenvalue weighted by Gasteiger charge is -2.23. The zero-order valence-corrected chi connectivity index (χ0v) is 11.7. The molecule has 1 rings (SSSR count). The van der Waals surface area contributed by atoms with Crippen molar-refractivity contribution in [2.24, 2.45) is 0 Å². The van der Waals surface area contributed by atoms with Gasteiger partial charge < -0.3 is 20.5 Å². The molecule has 1 aromatic carbocycles. The van der Waals surface area contributed by atoms with Gasteiger partial charge in [0, 0.05) is 7.05 Å². The lowest BCUT2D eigenvalue weighted by Crippen LogP contribution is -2.48. The summed E-state index contributed by atoms with van der Waals surface area (Å²) in [5, 5.41) is 16.0. The van der Waals surface area contributed by atoms with Crippen molar-refractivity contribution in [1.82, 2.24) is 10.6 Å². The van der Waals surface area contributed by atoms with Gasteiger partial charge in [-0.05, 0) is 24.7 Å². The third-order valence-electron chi connectivity index (χ3n) is 2.51. The highest BCUT2D eigenvalue weighted by molar-refractivity contribution is 7.80. The number of aliphatic hydroxyl groups is 1. The lowest BCUT2D eigenvalue weighted by atomic mass is 10.0. The predicted octanol–water partition coefficient (Wildman–Crippen LogP) is 0.746. The summed E-state index contributed by atoms with van der Waals surface area (Å²) in [6.45, 7) is 1.95. The van der Waals surface area contributed by atoms with Crippen LogP contribution >= 0.6 is 12.2 Å². The Bertz CT molecular complexity index is 425. The number of ether oxygens (including phenoxy) is 1. The molecule has 104 valence electrons. The van der Waals surface area contributed by atoms with Crippen LogP contribution in [0.4, 0.5) is 0 Å². The first-order valence-corrected chi connectivity index (χ1v) is 6.38. The second-order valence-corrected chi connectivity index (χ2v) is 4.22. The number of benzene rings is 1. The molecule has 0 aliphatic heterocycles. The molecule has 2 atom stereocenters. The van der Waals surface area contributed by atoms with E-state index in [1.54, 1.807) is 38.2 Å². The van der Waals surface area contributed by atoms with Crippen molar-refractivity contribution in [2.45, 2.75) is 19.1 Å². The summed E-state index contributed by atoms with van der Waals surface area (Å²) in [5.41, 5.74) is 0.618. The average Bonchev–Trinajstić information content (AvgIpc) is 2.44. The SMILES string of the molecule is CCOC(=O)C(NC(=S)NC)C(O)c1ccccc1. The van der Waals surface area contributed by atoms with Crippen LogP contribution in [0.15, 0.2) is 30.3 Å². The molecule has 3 N–H and O–H groups in total. The minimum Gasteiger partial charge on any atom is -0.464 e. The normalized spacial score (nSPS) is 13.2. The first-order valence-electron chi connectivity index (χ1n) is 5.98. The van der Waals surface area contributed by atoms with Crippen molar-refractivity contribution in [2.75, 3.05) is 13.7 Å². The summed E-state index contributed by atoms with van der Waals surface area (Å²) >= 11 is 4.96. The van der Waals surface area contributed by atoms with E-state index in [1.165, 1.54) is 0 Å². The Kier molecular flexibility index (Phi) is 6.24. The zero-order chi connectivity index (χ0) is 14.3. The number of esters is 1. The van der Waals surface area contributed by atoms with Crippen molar-refractivity contribution in [3.05, 3.63) is 35.9 Å². The highest BCUT2D eigenvalue weighted by atomic mass is 32.1. The molecular formula is C13H18N2O3S. The lowest BCUT2D eigenvalue weighted by molar-refractivity contribution is -0.148. The van der Waals surface area contributed by atoms with Gasteiger partial charge in [-0.25, -0.2) is 4.79 Å². The summed E-state index contributed by atoms with van der Waals surface area (Å²) in [4.78, 5) is 11.9. The van der Waals surface area contributed by atoms with Crippen LogP contribution in [0.1, 0.15) is 18.6 Å². The number of thiocarbonyl (C=S) groups is 1. The molecule has 19 heavy (non-hydrogen) atoms. The maximum Gasteiger partial charge on any atom is 0.331 e. The Morgan fingerprint density at radius 1 is 1.42 bits per heavy atom. The van der Waals surface area contributed by atoms with Crippen molar-refractivity contribution in [3.8, 4) is 0 Å². The van der Waals surface area contributed by atoms with Crippen LogP contribution in [-0.2, 0) is 9.53 Å². The van der Waals surface area contributed by atoms with Gasteiger partial charge in [-0.3, -0.25) is 0 Å². The molecule has 6 heteroatoms. The van der Waals surface area contributed by atoms with E-state index in [0.717, 1.165) is 0 Å². The van der Waals surface area contributed by atoms with E-state index in [9.17, 15) is 9.90 Å². The van der Waals surface area contributed by atoms with Crippen molar-refractivity contribution < 1.29 is 14.6 Å². The van der Waals surface area contributed by atoms with E-state index >= 15 is 0 Å². The van der Waals surface area contributed by atoms with E-state index in [2.05, 4.69) is 10.6 Å². The van der Waals surface area contributed by atoms with Gasteiger partial charge in [-0.1, -0.05) is 30.3 Å². The van der Waals surface area contributed by atoms with E-state index in [-0.39, 0.29) is 11.7 Å². The molecule has 0 saturated carbocycles. The third kappa shape index (κ3) is 4.50. The fourth-order valence-electron chi connectivity index (χ4n) is 1.55. The summed E-state index contributed by atoms with van der Waals surface area (Å²) in [6, 6.07) is 7.94. The van der Waals surface area contributed by atoms with Crippen LogP contribution in [0, 0.1) is 0 Å². The van der Waals surface area contributed by atoms with Crippen molar-refractivity contribution in [3.63, 3.8) is 0 Å². The van der Waals surface area contributed by atoms with Crippen LogP contribution in [0.2, 0.25) is 0 Å². The fourth-order valence-corrected chi connectivity index (χ4v) is 1.68. The zero-order valence-electron chi connectivity index (χ0n) is 10.9. The third-order valence-corrected chi connectivity index (χ3v) is 2.83. The molecule has 0 fully saturated rings. The van der Waals surface area contributed by atoms with Crippen LogP contribution in [0.3, 0.4) is 0 Å². The number of aliphatic hydroxyl groups excluding tert-OH is 1. The molecule has 0 radical (unpaired) electrons. The summed E-state index contributed by atoms with van der Waals surface area (Å²) < 4.78 is 4.94. The van der Waals surface area contributed by atoms with Gasteiger partial charge in [0.05, 0.1) is 6.61 Å². The highest BCUT2D eigenvalue weighted by Crippen LogP contribution is 2.17. The van der Waals surface area contributed by atoms with Crippen LogP contribution in [0.25, 0.3) is 0 Å². The van der Waals surface area contributed by atoms with Gasteiger partial charge in [-0.2, -0.15) is 0 Å². The number of rotatable bonds is 5. The van der Waals surface area contributed by atoms with Gasteiger partial charge in [0.1, 0.15) is 6.10 Å². The van der Waals surface area contributed by atoms with Gasteiger partial charge in [0.2, 0.25) is 0 Å². The number of hydrogen-bond donors (Lipinski definition) is 3. The largest absolute Gasteiger partial charge is 0.464 e. The molecule has 0 aliphatic carbocycles. The van der Waals surface area contributed by atoms with E-state index < -0.39 is 18.1 Å². The van der Waals surface area contributed by atoms with Gasteiger partial charge in [0.15, 0.2) is 11.2 Å². The second kappa shape index (κ2) is 7.70. The molecule has 0 heterocycles. The number of hydrogen-bond acceptors (Lipinski definition) is 4. The minimum absolute atomic E-state index is 0.241. The van der Waals surface area contributed by atoms with Crippen LogP contribution < -0.4 is 10.6 Å². The Hall–Kier alpha value is -1.66. The first-order chi connectivity index (χ1) is 9.10. The molecule has 0 amide bonds. The fraction of sp³-hybridized carbons (Fsp3) is 0.385. The van der Waals surface area contributed by atoms with Gasteiger partial charge >= 0.3 is 5.97 Å². The standard InChI is InChI=1S/C13H18N2O3S/c1-3-18-12(17)10(15-13(19)14-2)11(16)9-7-5-4-6-8-9/h4-8,10-11,16H,3H2,1-2H3,(H2,14,15,19). The van der Waals surface area contributed by atoms with Gasteiger partial charge in [0.25, 0.3) is 0 Å². The monoisotopic (exact) mass is 282 g/mol.